The van der Waals surface area contributed by atoms with Crippen molar-refractivity contribution in [1.82, 2.24) is 29.5 Å². The van der Waals surface area contributed by atoms with Crippen LogP contribution in [-0.2, 0) is 20.9 Å². The summed E-state index contributed by atoms with van der Waals surface area (Å²) in [5.41, 5.74) is 7.16. The average molecular weight is 680 g/mol. The summed E-state index contributed by atoms with van der Waals surface area (Å²) < 4.78 is 70.6. The van der Waals surface area contributed by atoms with E-state index in [-0.39, 0.29) is 18.1 Å². The number of hydrogen-bond donors (Lipinski definition) is 2. The van der Waals surface area contributed by atoms with Gasteiger partial charge in [0.05, 0.1) is 17.9 Å². The van der Waals surface area contributed by atoms with E-state index in [2.05, 4.69) is 25.7 Å². The van der Waals surface area contributed by atoms with Gasteiger partial charge in [-0.1, -0.05) is 12.1 Å². The zero-order chi connectivity index (χ0) is 33.5. The van der Waals surface area contributed by atoms with Gasteiger partial charge in [0.2, 0.25) is 10.0 Å². The fraction of sp³-hybridized carbons (Fsp3) is 0.656. The van der Waals surface area contributed by atoms with E-state index in [1.165, 1.54) is 29.0 Å². The van der Waals surface area contributed by atoms with Crippen molar-refractivity contribution in [2.45, 2.75) is 82.5 Å². The summed E-state index contributed by atoms with van der Waals surface area (Å²) in [5.74, 6) is 1.36. The van der Waals surface area contributed by atoms with E-state index >= 15 is 0 Å². The normalized spacial score (nSPS) is 27.7. The summed E-state index contributed by atoms with van der Waals surface area (Å²) >= 11 is 0. The van der Waals surface area contributed by atoms with Gasteiger partial charge in [-0.25, -0.2) is 28.1 Å². The summed E-state index contributed by atoms with van der Waals surface area (Å²) in [5, 5.41) is 0. The molecule has 4 aliphatic rings. The molecule has 0 bridgehead atoms. The number of piperidine rings is 1. The third-order valence-corrected chi connectivity index (χ3v) is 11.9. The number of halogens is 3. The largest absolute Gasteiger partial charge is 0.416 e. The van der Waals surface area contributed by atoms with Gasteiger partial charge in [0.15, 0.2) is 0 Å². The van der Waals surface area contributed by atoms with E-state index in [0.29, 0.717) is 66.4 Å². The number of ether oxygens (including phenoxy) is 1. The molecule has 0 spiro atoms. The van der Waals surface area contributed by atoms with Crippen LogP contribution in [0.15, 0.2) is 30.6 Å². The molecule has 15 heteroatoms. The molecular formula is C32H44F3N7O4S. The number of nitrogens with zero attached hydrogens (tertiary/aromatic N) is 5. The molecule has 47 heavy (non-hydrogen) atoms. The highest BCUT2D eigenvalue weighted by Gasteiger charge is 2.45. The number of sulfonamides is 1. The first-order valence-electron chi connectivity index (χ1n) is 16.4. The smallest absolute Gasteiger partial charge is 0.354 e. The van der Waals surface area contributed by atoms with Crippen LogP contribution in [0.3, 0.4) is 0 Å². The molecular weight excluding hydrogens is 635 g/mol. The van der Waals surface area contributed by atoms with E-state index in [9.17, 15) is 26.4 Å². The third kappa shape index (κ3) is 7.58. The van der Waals surface area contributed by atoms with Gasteiger partial charge in [-0.15, -0.1) is 0 Å². The highest BCUT2D eigenvalue weighted by Crippen LogP contribution is 2.42. The molecule has 3 aliphatic heterocycles. The summed E-state index contributed by atoms with van der Waals surface area (Å²) in [4.78, 5) is 26.6. The van der Waals surface area contributed by atoms with Crippen molar-refractivity contribution in [3.05, 3.63) is 53.0 Å². The molecule has 3 saturated heterocycles. The minimum Gasteiger partial charge on any atom is -0.354 e. The van der Waals surface area contributed by atoms with Crippen molar-refractivity contribution in [3.63, 3.8) is 0 Å². The topological polar surface area (TPSA) is 120 Å². The van der Waals surface area contributed by atoms with Crippen LogP contribution in [0.25, 0.3) is 0 Å². The Bertz CT molecular complexity index is 1520. The Labute approximate surface area is 274 Å². The maximum Gasteiger partial charge on any atom is 0.416 e. The number of rotatable bonds is 8. The summed E-state index contributed by atoms with van der Waals surface area (Å²) in [6, 6.07) is 5.58. The fourth-order valence-corrected chi connectivity index (χ4v) is 8.47. The summed E-state index contributed by atoms with van der Waals surface area (Å²) in [7, 11) is -1.50. The maximum absolute atomic E-state index is 13.6. The van der Waals surface area contributed by atoms with Crippen LogP contribution >= 0.6 is 0 Å². The molecule has 2 aromatic rings. The molecule has 4 unspecified atom stereocenters. The standard InChI is InChI=1S/C32H44F3N7O4S/c1-20-29(31(43)41-13-11-25(12-14-41)42-17-22-15-26(16-23(22)18-42)40(2)47(3,44)45)36-19-37-30(20)39-38-28-6-4-5-27(46-28)21-7-9-24(10-8-21)32(33,34)35/h7-10,19,22-23,25-28,38H,4-6,11-18H2,1-3H3,(H,36,37,39). The van der Waals surface area contributed by atoms with Gasteiger partial charge in [-0.3, -0.25) is 9.69 Å². The first kappa shape index (κ1) is 34.0. The second-order valence-corrected chi connectivity index (χ2v) is 15.6. The number of likely N-dealkylation sites (tertiary alicyclic amines) is 2. The van der Waals surface area contributed by atoms with Crippen LogP contribution in [0.1, 0.15) is 78.2 Å². The number of carbonyl (C=O) groups is 1. The van der Waals surface area contributed by atoms with Crippen molar-refractivity contribution in [3.8, 4) is 0 Å². The van der Waals surface area contributed by atoms with Gasteiger partial charge in [-0.2, -0.15) is 13.2 Å². The van der Waals surface area contributed by atoms with Crippen molar-refractivity contribution in [2.24, 2.45) is 11.8 Å². The third-order valence-electron chi connectivity index (χ3n) is 10.6. The van der Waals surface area contributed by atoms with Crippen LogP contribution in [0.2, 0.25) is 0 Å². The number of aromatic nitrogens is 2. The van der Waals surface area contributed by atoms with Crippen molar-refractivity contribution in [2.75, 3.05) is 44.9 Å². The van der Waals surface area contributed by atoms with Gasteiger partial charge in [0.1, 0.15) is 24.1 Å². The Morgan fingerprint density at radius 1 is 1.02 bits per heavy atom. The molecule has 11 nitrogen and oxygen atoms in total. The van der Waals surface area contributed by atoms with Gasteiger partial charge in [0, 0.05) is 50.9 Å². The Morgan fingerprint density at radius 2 is 1.68 bits per heavy atom. The minimum absolute atomic E-state index is 0.0899. The zero-order valence-corrected chi connectivity index (χ0v) is 27.9. The average Bonchev–Trinajstić information content (AvgIpc) is 3.63. The minimum atomic E-state index is -4.38. The SMILES string of the molecule is Cc1c(NNC2CCCC(c3ccc(C(F)(F)F)cc3)O2)ncnc1C(=O)N1CCC(N2CC3CC(N(C)S(C)(=O)=O)CC3C2)CC1. The quantitative estimate of drug-likeness (QED) is 0.396. The van der Waals surface area contributed by atoms with Crippen LogP contribution < -0.4 is 10.9 Å². The van der Waals surface area contributed by atoms with Crippen LogP contribution in [0.4, 0.5) is 19.0 Å². The lowest BCUT2D eigenvalue weighted by atomic mass is 9.99. The van der Waals surface area contributed by atoms with Gasteiger partial charge >= 0.3 is 6.18 Å². The number of alkyl halides is 3. The lowest BCUT2D eigenvalue weighted by Crippen LogP contribution is -2.47. The van der Waals surface area contributed by atoms with Gasteiger partial charge < -0.3 is 15.1 Å². The van der Waals surface area contributed by atoms with E-state index < -0.39 is 28.0 Å². The molecule has 0 radical (unpaired) electrons. The Balaban J connectivity index is 0.987. The number of carbonyl (C=O) groups excluding carboxylic acids is 1. The molecule has 1 aromatic heterocycles. The zero-order valence-electron chi connectivity index (χ0n) is 27.0. The second-order valence-electron chi connectivity index (χ2n) is 13.5. The highest BCUT2D eigenvalue weighted by molar-refractivity contribution is 7.88. The molecule has 4 atom stereocenters. The number of benzene rings is 1. The number of anilines is 1. The maximum atomic E-state index is 13.6. The number of nitrogens with one attached hydrogen (secondary N) is 2. The van der Waals surface area contributed by atoms with Crippen molar-refractivity contribution in [1.29, 1.82) is 0 Å². The highest BCUT2D eigenvalue weighted by atomic mass is 32.2. The summed E-state index contributed by atoms with van der Waals surface area (Å²) in [6.45, 7) is 5.05. The number of amides is 1. The second kappa shape index (κ2) is 13.6. The molecule has 4 fully saturated rings. The van der Waals surface area contributed by atoms with Crippen molar-refractivity contribution >= 4 is 21.7 Å². The molecule has 1 amide bonds. The first-order chi connectivity index (χ1) is 22.3. The number of hydrazine groups is 1. The molecule has 258 valence electrons. The number of fused-ring (bicyclic) bond motifs is 1. The van der Waals surface area contributed by atoms with Crippen molar-refractivity contribution < 1.29 is 31.1 Å². The molecule has 2 N–H and O–H groups in total. The van der Waals surface area contributed by atoms with E-state index in [1.807, 2.05) is 4.90 Å². The lowest BCUT2D eigenvalue weighted by Gasteiger charge is -2.37. The Hall–Kier alpha value is -2.85. The van der Waals surface area contributed by atoms with Crippen LogP contribution in [-0.4, -0.2) is 96.2 Å². The predicted molar refractivity (Wildman–Crippen MR) is 170 cm³/mol. The number of hydrogen-bond acceptors (Lipinski definition) is 9. The molecule has 1 aliphatic carbocycles. The fourth-order valence-electron chi connectivity index (χ4n) is 7.76. The monoisotopic (exact) mass is 679 g/mol. The summed E-state index contributed by atoms with van der Waals surface area (Å²) in [6.07, 6.45) is 3.33. The van der Waals surface area contributed by atoms with Crippen LogP contribution in [0.5, 0.6) is 0 Å². The molecule has 6 rings (SSSR count). The van der Waals surface area contributed by atoms with E-state index in [0.717, 1.165) is 57.3 Å². The molecule has 1 aromatic carbocycles. The lowest BCUT2D eigenvalue weighted by molar-refractivity contribution is -0.137. The van der Waals surface area contributed by atoms with E-state index in [1.54, 1.807) is 14.0 Å². The predicted octanol–water partition coefficient (Wildman–Crippen LogP) is 4.19. The molecule has 1 saturated carbocycles. The van der Waals surface area contributed by atoms with E-state index in [4.69, 9.17) is 4.74 Å². The van der Waals surface area contributed by atoms with Crippen LogP contribution in [0, 0.1) is 18.8 Å². The first-order valence-corrected chi connectivity index (χ1v) is 18.2. The molecule has 4 heterocycles. The van der Waals surface area contributed by atoms with Gasteiger partial charge in [0.25, 0.3) is 5.91 Å². The Kier molecular flexibility index (Phi) is 9.83. The Morgan fingerprint density at radius 3 is 2.30 bits per heavy atom. The van der Waals surface area contributed by atoms with Gasteiger partial charge in [-0.05, 0) is 81.4 Å².